The van der Waals surface area contributed by atoms with Gasteiger partial charge in [0.25, 0.3) is 0 Å². The van der Waals surface area contributed by atoms with E-state index in [-0.39, 0.29) is 5.92 Å². The average Bonchev–Trinajstić information content (AvgIpc) is 3.45. The molecule has 6 heteroatoms. The fraction of sp³-hybridized carbons (Fsp3) is 0.143. The van der Waals surface area contributed by atoms with Gasteiger partial charge in [-0.25, -0.2) is 4.98 Å². The van der Waals surface area contributed by atoms with Gasteiger partial charge in [-0.15, -0.1) is 0 Å². The molecule has 0 saturated heterocycles. The Morgan fingerprint density at radius 1 is 0.941 bits per heavy atom. The monoisotopic (exact) mass is 501 g/mol. The summed E-state index contributed by atoms with van der Waals surface area (Å²) in [5, 5.41) is 2.64. The van der Waals surface area contributed by atoms with Crippen LogP contribution in [0.1, 0.15) is 28.3 Å². The predicted molar refractivity (Wildman–Crippen MR) is 143 cm³/mol. The summed E-state index contributed by atoms with van der Waals surface area (Å²) >= 11 is 18.4. The summed E-state index contributed by atoms with van der Waals surface area (Å²) in [4.78, 5) is 4.42. The summed E-state index contributed by atoms with van der Waals surface area (Å²) in [6.07, 6.45) is 4.77. The van der Waals surface area contributed by atoms with Crippen LogP contribution in [-0.4, -0.2) is 14.1 Å². The first-order chi connectivity index (χ1) is 16.5. The molecule has 0 N–H and O–H groups in total. The fourth-order valence-corrected chi connectivity index (χ4v) is 5.79. The van der Waals surface area contributed by atoms with Gasteiger partial charge in [-0.05, 0) is 70.6 Å². The summed E-state index contributed by atoms with van der Waals surface area (Å²) in [5.41, 5.74) is 8.27. The Balaban J connectivity index is 1.66. The highest BCUT2D eigenvalue weighted by Gasteiger charge is 2.25. The maximum absolute atomic E-state index is 6.37. The van der Waals surface area contributed by atoms with E-state index in [0.717, 1.165) is 39.4 Å². The van der Waals surface area contributed by atoms with Crippen LogP contribution in [-0.2, 0) is 20.0 Å². The lowest BCUT2D eigenvalue weighted by atomic mass is 9.85. The van der Waals surface area contributed by atoms with Crippen LogP contribution in [0.5, 0.6) is 0 Å². The van der Waals surface area contributed by atoms with Gasteiger partial charge in [0.05, 0.1) is 17.8 Å². The number of benzene rings is 3. The Morgan fingerprint density at radius 2 is 1.76 bits per heavy atom. The van der Waals surface area contributed by atoms with E-state index < -0.39 is 0 Å². The number of hydrogen-bond donors (Lipinski definition) is 0. The second kappa shape index (κ2) is 8.38. The third-order valence-corrected chi connectivity index (χ3v) is 7.56. The quantitative estimate of drug-likeness (QED) is 0.234. The molecule has 34 heavy (non-hydrogen) atoms. The first-order valence-electron chi connectivity index (χ1n) is 11.2. The summed E-state index contributed by atoms with van der Waals surface area (Å²) in [6, 6.07) is 22.9. The number of imidazole rings is 1. The van der Waals surface area contributed by atoms with Gasteiger partial charge in [-0.3, -0.25) is 0 Å². The van der Waals surface area contributed by atoms with E-state index in [1.807, 2.05) is 49.9 Å². The van der Waals surface area contributed by atoms with Crippen LogP contribution in [0.25, 0.3) is 22.0 Å². The number of nitrogens with zero attached hydrogens (tertiary/aromatic N) is 3. The Labute approximate surface area is 213 Å². The van der Waals surface area contributed by atoms with Crippen molar-refractivity contribution in [2.75, 3.05) is 0 Å². The summed E-state index contributed by atoms with van der Waals surface area (Å²) in [7, 11) is 2.04. The smallest absolute Gasteiger partial charge is 0.106 e. The molecule has 0 spiro atoms. The van der Waals surface area contributed by atoms with E-state index in [9.17, 15) is 0 Å². The second-order valence-electron chi connectivity index (χ2n) is 8.80. The number of pyridine rings is 1. The molecule has 2 aromatic heterocycles. The Kier molecular flexibility index (Phi) is 5.33. The minimum absolute atomic E-state index is 0.0230. The van der Waals surface area contributed by atoms with Crippen LogP contribution < -0.4 is 0 Å². The van der Waals surface area contributed by atoms with Crippen LogP contribution >= 0.6 is 35.4 Å². The van der Waals surface area contributed by atoms with Crippen molar-refractivity contribution in [3.8, 4) is 11.1 Å². The molecule has 0 bridgehead atoms. The van der Waals surface area contributed by atoms with Gasteiger partial charge in [-0.1, -0.05) is 65.8 Å². The molecule has 3 nitrogen and oxygen atoms in total. The molecule has 5 aromatic rings. The Morgan fingerprint density at radius 3 is 2.50 bits per heavy atom. The third kappa shape index (κ3) is 3.58. The van der Waals surface area contributed by atoms with Gasteiger partial charge in [0.15, 0.2) is 0 Å². The van der Waals surface area contributed by atoms with Gasteiger partial charge < -0.3 is 9.13 Å². The van der Waals surface area contributed by atoms with E-state index in [1.165, 1.54) is 27.6 Å². The van der Waals surface area contributed by atoms with E-state index >= 15 is 0 Å². The zero-order valence-electron chi connectivity index (χ0n) is 18.5. The highest BCUT2D eigenvalue weighted by atomic mass is 35.5. The fourth-order valence-electron chi connectivity index (χ4n) is 5.17. The van der Waals surface area contributed by atoms with E-state index in [1.54, 1.807) is 0 Å². The zero-order valence-corrected chi connectivity index (χ0v) is 20.8. The SMILES string of the molecule is Cn1cncc1C(c1ccc(Cl)cc1)c1cc2c3c(c1)c(-c1cccc(Cl)c1)cc(=S)n3CC2. The molecule has 168 valence electrons. The normalized spacial score (nSPS) is 13.5. The van der Waals surface area contributed by atoms with Gasteiger partial charge in [0.1, 0.15) is 4.64 Å². The molecule has 3 aromatic carbocycles. The number of aryl methyl sites for hydroxylation is 3. The lowest BCUT2D eigenvalue weighted by Crippen LogP contribution is -2.09. The molecule has 0 aliphatic carbocycles. The van der Waals surface area contributed by atoms with Crippen molar-refractivity contribution in [3.05, 3.63) is 116 Å². The van der Waals surface area contributed by atoms with E-state index in [2.05, 4.69) is 50.5 Å². The van der Waals surface area contributed by atoms with Crippen molar-refractivity contribution in [1.82, 2.24) is 14.1 Å². The van der Waals surface area contributed by atoms with Crippen molar-refractivity contribution < 1.29 is 0 Å². The largest absolute Gasteiger partial charge is 0.337 e. The van der Waals surface area contributed by atoms with Crippen molar-refractivity contribution in [1.29, 1.82) is 0 Å². The molecule has 1 atom stereocenters. The van der Waals surface area contributed by atoms with Crippen molar-refractivity contribution in [3.63, 3.8) is 0 Å². The molecular formula is C28H21Cl2N3S. The van der Waals surface area contributed by atoms with Crippen LogP contribution in [0.2, 0.25) is 10.0 Å². The Hall–Kier alpha value is -2.92. The van der Waals surface area contributed by atoms with Gasteiger partial charge in [0.2, 0.25) is 0 Å². The van der Waals surface area contributed by atoms with Crippen molar-refractivity contribution >= 4 is 46.3 Å². The summed E-state index contributed by atoms with van der Waals surface area (Å²) < 4.78 is 5.21. The minimum Gasteiger partial charge on any atom is -0.337 e. The topological polar surface area (TPSA) is 22.8 Å². The van der Waals surface area contributed by atoms with E-state index in [0.29, 0.717) is 5.02 Å². The first kappa shape index (κ1) is 21.6. The van der Waals surface area contributed by atoms with Crippen molar-refractivity contribution in [2.24, 2.45) is 7.05 Å². The number of rotatable bonds is 4. The lowest BCUT2D eigenvalue weighted by Gasteiger charge is -2.21. The maximum atomic E-state index is 6.37. The molecule has 1 unspecified atom stereocenters. The van der Waals surface area contributed by atoms with Gasteiger partial charge in [0, 0.05) is 40.9 Å². The summed E-state index contributed by atoms with van der Waals surface area (Å²) in [5.74, 6) is 0.0230. The standard InChI is InChI=1S/C28H21Cl2N3S/c1-32-16-31-15-25(32)27(17-5-7-21(29)8-6-17)20-11-19-9-10-33-26(34)14-23(24(13-20)28(19)33)18-3-2-4-22(30)12-18/h2-8,11-16,27H,9-10H2,1H3. The molecule has 0 amide bonds. The minimum atomic E-state index is 0.0230. The van der Waals surface area contributed by atoms with Crippen LogP contribution in [0.15, 0.2) is 79.3 Å². The maximum Gasteiger partial charge on any atom is 0.106 e. The average molecular weight is 502 g/mol. The van der Waals surface area contributed by atoms with Crippen LogP contribution in [0, 0.1) is 4.64 Å². The predicted octanol–water partition coefficient (Wildman–Crippen LogP) is 7.81. The number of aromatic nitrogens is 3. The first-order valence-corrected chi connectivity index (χ1v) is 12.3. The second-order valence-corrected chi connectivity index (χ2v) is 10.1. The van der Waals surface area contributed by atoms with Gasteiger partial charge in [-0.2, -0.15) is 0 Å². The molecule has 0 saturated carbocycles. The molecule has 6 rings (SSSR count). The van der Waals surface area contributed by atoms with Crippen LogP contribution in [0.4, 0.5) is 0 Å². The van der Waals surface area contributed by atoms with Gasteiger partial charge >= 0.3 is 0 Å². The van der Waals surface area contributed by atoms with E-state index in [4.69, 9.17) is 35.4 Å². The third-order valence-electron chi connectivity index (χ3n) is 6.73. The highest BCUT2D eigenvalue weighted by molar-refractivity contribution is 7.71. The number of hydrogen-bond acceptors (Lipinski definition) is 2. The zero-order chi connectivity index (χ0) is 23.4. The molecule has 0 fully saturated rings. The molecule has 1 aliphatic heterocycles. The molecular weight excluding hydrogens is 481 g/mol. The highest BCUT2D eigenvalue weighted by Crippen LogP contribution is 2.40. The Bertz CT molecular complexity index is 1620. The summed E-state index contributed by atoms with van der Waals surface area (Å²) in [6.45, 7) is 0.904. The van der Waals surface area contributed by atoms with Crippen LogP contribution in [0.3, 0.4) is 0 Å². The lowest BCUT2D eigenvalue weighted by molar-refractivity contribution is 0.757. The molecule has 0 radical (unpaired) electrons. The molecule has 3 heterocycles. The van der Waals surface area contributed by atoms with Crippen molar-refractivity contribution in [2.45, 2.75) is 18.9 Å². The molecule has 1 aliphatic rings. The number of halogens is 2.